The van der Waals surface area contributed by atoms with Crippen molar-refractivity contribution in [1.82, 2.24) is 9.97 Å². The number of benzene rings is 3. The Labute approximate surface area is 160 Å². The van der Waals surface area contributed by atoms with Crippen LogP contribution in [0.1, 0.15) is 5.56 Å². The summed E-state index contributed by atoms with van der Waals surface area (Å²) in [5.74, 6) is 0. The maximum absolute atomic E-state index is 6.55. The topological polar surface area (TPSA) is 28.7 Å². The molecule has 0 fully saturated rings. The molecule has 0 aliphatic carbocycles. The molecule has 2 heterocycles. The molecule has 3 aromatic carbocycles. The zero-order valence-electron chi connectivity index (χ0n) is 14.0. The average molecular weight is 377 g/mol. The average Bonchev–Trinajstić information content (AvgIpc) is 2.99. The molecule has 0 aliphatic heterocycles. The van der Waals surface area contributed by atoms with Gasteiger partial charge in [-0.25, -0.2) is 0 Å². The van der Waals surface area contributed by atoms with Crippen LogP contribution in [0.25, 0.3) is 43.8 Å². The monoisotopic (exact) mass is 376 g/mol. The quantitative estimate of drug-likeness (QED) is 0.330. The number of hydrogen-bond donors (Lipinski definition) is 1. The highest BCUT2D eigenvalue weighted by molar-refractivity contribution is 6.39. The summed E-state index contributed by atoms with van der Waals surface area (Å²) >= 11 is 12.7. The maximum Gasteiger partial charge on any atom is 0.0816 e. The summed E-state index contributed by atoms with van der Waals surface area (Å²) in [6.45, 7) is 2.11. The van der Waals surface area contributed by atoms with Crippen LogP contribution in [0.15, 0.2) is 60.8 Å². The third kappa shape index (κ3) is 2.30. The number of aryl methyl sites for hydroxylation is 1. The van der Waals surface area contributed by atoms with E-state index < -0.39 is 0 Å². The number of nitrogens with one attached hydrogen (secondary N) is 1. The highest BCUT2D eigenvalue weighted by Crippen LogP contribution is 2.39. The summed E-state index contributed by atoms with van der Waals surface area (Å²) < 4.78 is 0. The van der Waals surface area contributed by atoms with Crippen molar-refractivity contribution >= 4 is 55.8 Å². The molecule has 0 saturated carbocycles. The summed E-state index contributed by atoms with van der Waals surface area (Å²) in [5.41, 5.74) is 5.28. The number of H-pyrrole nitrogens is 1. The van der Waals surface area contributed by atoms with E-state index in [1.807, 2.05) is 18.2 Å². The van der Waals surface area contributed by atoms with E-state index in [2.05, 4.69) is 47.2 Å². The van der Waals surface area contributed by atoms with Crippen molar-refractivity contribution < 1.29 is 0 Å². The van der Waals surface area contributed by atoms with E-state index in [9.17, 15) is 0 Å². The second kappa shape index (κ2) is 5.73. The number of pyridine rings is 1. The van der Waals surface area contributed by atoms with Crippen molar-refractivity contribution in [3.8, 4) is 11.3 Å². The Bertz CT molecular complexity index is 1320. The van der Waals surface area contributed by atoms with Gasteiger partial charge in [0, 0.05) is 38.5 Å². The van der Waals surface area contributed by atoms with Gasteiger partial charge in [-0.05, 0) is 54.3 Å². The van der Waals surface area contributed by atoms with Gasteiger partial charge in [0.15, 0.2) is 0 Å². The summed E-state index contributed by atoms with van der Waals surface area (Å²) in [6.07, 6.45) is 1.81. The molecule has 26 heavy (non-hydrogen) atoms. The Balaban J connectivity index is 1.95. The minimum atomic E-state index is 0.612. The third-order valence-electron chi connectivity index (χ3n) is 4.79. The van der Waals surface area contributed by atoms with Crippen LogP contribution in [-0.4, -0.2) is 9.97 Å². The van der Waals surface area contributed by atoms with Crippen LogP contribution in [0, 0.1) is 6.92 Å². The molecular weight excluding hydrogens is 363 g/mol. The highest BCUT2D eigenvalue weighted by atomic mass is 35.5. The lowest BCUT2D eigenvalue weighted by Crippen LogP contribution is -1.90. The zero-order chi connectivity index (χ0) is 17.8. The number of halogens is 2. The molecule has 2 nitrogen and oxygen atoms in total. The molecule has 0 aliphatic rings. The van der Waals surface area contributed by atoms with Crippen molar-refractivity contribution in [2.45, 2.75) is 6.92 Å². The summed E-state index contributed by atoms with van der Waals surface area (Å²) in [7, 11) is 0. The molecule has 0 bridgehead atoms. The fourth-order valence-electron chi connectivity index (χ4n) is 3.72. The zero-order valence-corrected chi connectivity index (χ0v) is 15.5. The van der Waals surface area contributed by atoms with E-state index in [0.717, 1.165) is 33.1 Å². The van der Waals surface area contributed by atoms with E-state index in [4.69, 9.17) is 23.2 Å². The Morgan fingerprint density at radius 1 is 0.923 bits per heavy atom. The first kappa shape index (κ1) is 15.7. The lowest BCUT2D eigenvalue weighted by molar-refractivity contribution is 1.35. The standard InChI is InChI=1S/C22H14Cl2N2/c1-12-8-16-15-4-2-3-5-19(15)26-21(16)17(9-12)22-20-13(6-7-25-22)10-14(23)11-18(20)24/h2-11,26H,1H3. The molecule has 0 saturated heterocycles. The van der Waals surface area contributed by atoms with Crippen LogP contribution in [-0.2, 0) is 0 Å². The maximum atomic E-state index is 6.55. The molecule has 5 rings (SSSR count). The number of hydrogen-bond acceptors (Lipinski definition) is 1. The predicted molar refractivity (Wildman–Crippen MR) is 111 cm³/mol. The van der Waals surface area contributed by atoms with Crippen LogP contribution >= 0.6 is 23.2 Å². The largest absolute Gasteiger partial charge is 0.354 e. The summed E-state index contributed by atoms with van der Waals surface area (Å²) in [5, 5.41) is 5.55. The molecule has 4 heteroatoms. The number of aromatic nitrogens is 2. The van der Waals surface area contributed by atoms with E-state index >= 15 is 0 Å². The highest BCUT2D eigenvalue weighted by Gasteiger charge is 2.16. The first-order chi connectivity index (χ1) is 12.6. The van der Waals surface area contributed by atoms with Gasteiger partial charge >= 0.3 is 0 Å². The van der Waals surface area contributed by atoms with Gasteiger partial charge in [-0.1, -0.05) is 41.4 Å². The molecule has 1 N–H and O–H groups in total. The SMILES string of the molecule is Cc1cc(-c2nccc3cc(Cl)cc(Cl)c23)c2[nH]c3ccccc3c2c1. The van der Waals surface area contributed by atoms with Gasteiger partial charge in [0.05, 0.1) is 16.2 Å². The number of rotatable bonds is 1. The summed E-state index contributed by atoms with van der Waals surface area (Å²) in [4.78, 5) is 8.24. The van der Waals surface area contributed by atoms with Gasteiger partial charge in [-0.15, -0.1) is 0 Å². The number of para-hydroxylation sites is 1. The Kier molecular flexibility index (Phi) is 3.46. The number of fused-ring (bicyclic) bond motifs is 4. The predicted octanol–water partition coefficient (Wildman–Crippen LogP) is 7.15. The second-order valence-corrected chi connectivity index (χ2v) is 7.39. The van der Waals surface area contributed by atoms with E-state index in [0.29, 0.717) is 10.0 Å². The molecule has 5 aromatic rings. The van der Waals surface area contributed by atoms with Crippen molar-refractivity contribution in [3.05, 3.63) is 76.4 Å². The Morgan fingerprint density at radius 2 is 1.77 bits per heavy atom. The van der Waals surface area contributed by atoms with Crippen molar-refractivity contribution in [2.24, 2.45) is 0 Å². The van der Waals surface area contributed by atoms with Crippen LogP contribution in [0.4, 0.5) is 0 Å². The minimum Gasteiger partial charge on any atom is -0.354 e. The lowest BCUT2D eigenvalue weighted by atomic mass is 9.99. The van der Waals surface area contributed by atoms with Gasteiger partial charge < -0.3 is 4.98 Å². The Hall–Kier alpha value is -2.55. The van der Waals surface area contributed by atoms with Crippen LogP contribution in [0.3, 0.4) is 0 Å². The molecule has 0 spiro atoms. The summed E-state index contributed by atoms with van der Waals surface area (Å²) in [6, 6.07) is 18.3. The smallest absolute Gasteiger partial charge is 0.0816 e. The van der Waals surface area contributed by atoms with Gasteiger partial charge in [-0.2, -0.15) is 0 Å². The van der Waals surface area contributed by atoms with E-state index in [1.165, 1.54) is 16.3 Å². The van der Waals surface area contributed by atoms with Crippen molar-refractivity contribution in [2.75, 3.05) is 0 Å². The molecule has 0 atom stereocenters. The third-order valence-corrected chi connectivity index (χ3v) is 5.31. The molecule has 2 aromatic heterocycles. The first-order valence-corrected chi connectivity index (χ1v) is 9.12. The van der Waals surface area contributed by atoms with Crippen LogP contribution in [0.2, 0.25) is 10.0 Å². The van der Waals surface area contributed by atoms with Gasteiger partial charge in [0.25, 0.3) is 0 Å². The van der Waals surface area contributed by atoms with Crippen molar-refractivity contribution in [3.63, 3.8) is 0 Å². The van der Waals surface area contributed by atoms with Gasteiger partial charge in [-0.3, -0.25) is 4.98 Å². The molecule has 126 valence electrons. The number of aromatic amines is 1. The normalized spacial score (nSPS) is 11.7. The van der Waals surface area contributed by atoms with Crippen LogP contribution < -0.4 is 0 Å². The van der Waals surface area contributed by atoms with E-state index in [-0.39, 0.29) is 0 Å². The second-order valence-electron chi connectivity index (χ2n) is 6.55. The molecule has 0 radical (unpaired) electrons. The molecule has 0 unspecified atom stereocenters. The fraction of sp³-hybridized carbons (Fsp3) is 0.0455. The van der Waals surface area contributed by atoms with Gasteiger partial charge in [0.1, 0.15) is 0 Å². The molecular formula is C22H14Cl2N2. The van der Waals surface area contributed by atoms with Crippen LogP contribution in [0.5, 0.6) is 0 Å². The Morgan fingerprint density at radius 3 is 2.65 bits per heavy atom. The first-order valence-electron chi connectivity index (χ1n) is 8.37. The van der Waals surface area contributed by atoms with Gasteiger partial charge in [0.2, 0.25) is 0 Å². The lowest BCUT2D eigenvalue weighted by Gasteiger charge is -2.10. The molecule has 0 amide bonds. The van der Waals surface area contributed by atoms with E-state index in [1.54, 1.807) is 12.3 Å². The van der Waals surface area contributed by atoms with Crippen molar-refractivity contribution in [1.29, 1.82) is 0 Å². The minimum absolute atomic E-state index is 0.612. The number of nitrogens with zero attached hydrogens (tertiary/aromatic N) is 1. The fourth-order valence-corrected chi connectivity index (χ4v) is 4.32.